The number of carboxylic acids is 1. The number of aliphatic hydroxyl groups excluding tert-OH is 4. The van der Waals surface area contributed by atoms with Crippen LogP contribution in [0.15, 0.2) is 6.20 Å². The monoisotopic (exact) mass is 332 g/mol. The summed E-state index contributed by atoms with van der Waals surface area (Å²) in [4.78, 5) is 10.7. The molecule has 7 N–H and O–H groups in total. The summed E-state index contributed by atoms with van der Waals surface area (Å²) in [7, 11) is 0. The van der Waals surface area contributed by atoms with Crippen molar-refractivity contribution in [3.8, 4) is 0 Å². The molecule has 0 amide bonds. The van der Waals surface area contributed by atoms with E-state index in [9.17, 15) is 20.1 Å². The normalized spacial score (nSPS) is 32.7. The van der Waals surface area contributed by atoms with Crippen molar-refractivity contribution in [2.24, 2.45) is 5.73 Å². The Morgan fingerprint density at radius 2 is 2.04 bits per heavy atom. The highest BCUT2D eigenvalue weighted by atomic mass is 16.5. The molecule has 23 heavy (non-hydrogen) atoms. The second-order valence-electron chi connectivity index (χ2n) is 5.39. The van der Waals surface area contributed by atoms with Crippen LogP contribution in [0.1, 0.15) is 18.2 Å². The highest BCUT2D eigenvalue weighted by Crippen LogP contribution is 2.31. The SMILES string of the molecule is N[C@@H](CCn1cc([C@@H]2OC(CO)[C@H](O)[C@H](O)C2O)nn1)C(=O)O. The minimum atomic E-state index is -1.50. The van der Waals surface area contributed by atoms with E-state index in [0.717, 1.165) is 0 Å². The van der Waals surface area contributed by atoms with E-state index < -0.39 is 49.1 Å². The summed E-state index contributed by atoms with van der Waals surface area (Å²) in [6, 6.07) is -1.03. The maximum absolute atomic E-state index is 10.7. The zero-order chi connectivity index (χ0) is 17.1. The fraction of sp³-hybridized carbons (Fsp3) is 0.750. The fourth-order valence-corrected chi connectivity index (χ4v) is 2.29. The van der Waals surface area contributed by atoms with Crippen LogP contribution in [0.4, 0.5) is 0 Å². The number of nitrogens with two attached hydrogens (primary N) is 1. The molecule has 1 fully saturated rings. The molecule has 1 aromatic heterocycles. The summed E-state index contributed by atoms with van der Waals surface area (Å²) in [5, 5.41) is 54.9. The fourth-order valence-electron chi connectivity index (χ4n) is 2.29. The quantitative estimate of drug-likeness (QED) is 0.307. The molecule has 0 spiro atoms. The summed E-state index contributed by atoms with van der Waals surface area (Å²) < 4.78 is 6.68. The van der Waals surface area contributed by atoms with Gasteiger partial charge in [-0.3, -0.25) is 9.48 Å². The molecule has 0 aromatic carbocycles. The number of aromatic nitrogens is 3. The highest BCUT2D eigenvalue weighted by molar-refractivity contribution is 5.72. The number of aliphatic carboxylic acids is 1. The molecule has 2 heterocycles. The van der Waals surface area contributed by atoms with Crippen LogP contribution in [0.5, 0.6) is 0 Å². The molecular formula is C12H20N4O7. The van der Waals surface area contributed by atoms with E-state index >= 15 is 0 Å². The van der Waals surface area contributed by atoms with Gasteiger partial charge in [-0.05, 0) is 6.42 Å². The molecule has 11 heteroatoms. The van der Waals surface area contributed by atoms with Gasteiger partial charge >= 0.3 is 5.97 Å². The van der Waals surface area contributed by atoms with Crippen molar-refractivity contribution < 1.29 is 35.1 Å². The minimum Gasteiger partial charge on any atom is -0.480 e. The van der Waals surface area contributed by atoms with E-state index in [0.29, 0.717) is 0 Å². The van der Waals surface area contributed by atoms with Crippen molar-refractivity contribution in [1.82, 2.24) is 15.0 Å². The van der Waals surface area contributed by atoms with Gasteiger partial charge in [0.15, 0.2) is 0 Å². The van der Waals surface area contributed by atoms with E-state index in [1.54, 1.807) is 0 Å². The predicted molar refractivity (Wildman–Crippen MR) is 73.0 cm³/mol. The summed E-state index contributed by atoms with van der Waals surface area (Å²) in [5.41, 5.74) is 5.58. The molecule has 2 unspecified atom stereocenters. The topological polar surface area (TPSA) is 184 Å². The molecule has 0 aliphatic carbocycles. The van der Waals surface area contributed by atoms with E-state index in [-0.39, 0.29) is 18.7 Å². The van der Waals surface area contributed by atoms with Gasteiger partial charge in [-0.1, -0.05) is 5.21 Å². The first kappa shape index (κ1) is 17.7. The van der Waals surface area contributed by atoms with Crippen LogP contribution >= 0.6 is 0 Å². The molecule has 1 aliphatic heterocycles. The Balaban J connectivity index is 2.05. The molecule has 1 aromatic rings. The summed E-state index contributed by atoms with van der Waals surface area (Å²) >= 11 is 0. The zero-order valence-corrected chi connectivity index (χ0v) is 12.1. The van der Waals surface area contributed by atoms with Gasteiger partial charge in [0.25, 0.3) is 0 Å². The molecule has 1 aliphatic rings. The smallest absolute Gasteiger partial charge is 0.320 e. The van der Waals surface area contributed by atoms with Gasteiger partial charge in [-0.25, -0.2) is 0 Å². The largest absolute Gasteiger partial charge is 0.480 e. The number of carboxylic acid groups (broad SMARTS) is 1. The van der Waals surface area contributed by atoms with E-state index in [1.165, 1.54) is 10.9 Å². The summed E-state index contributed by atoms with van der Waals surface area (Å²) in [5.74, 6) is -1.13. The van der Waals surface area contributed by atoms with Crippen LogP contribution in [0.3, 0.4) is 0 Å². The number of aryl methyl sites for hydroxylation is 1. The van der Waals surface area contributed by atoms with Gasteiger partial charge < -0.3 is 36.0 Å². The second kappa shape index (κ2) is 7.29. The standard InChI is InChI=1S/C12H20N4O7/c13-5(12(21)22)1-2-16-3-6(14-15-16)11-10(20)9(19)8(18)7(4-17)23-11/h3,5,7-11,17-20H,1-2,4,13H2,(H,21,22)/t5-,7?,8-,9-,10?,11-/m0/s1. The van der Waals surface area contributed by atoms with Crippen LogP contribution < -0.4 is 5.73 Å². The van der Waals surface area contributed by atoms with Crippen LogP contribution in [-0.2, 0) is 16.1 Å². The van der Waals surface area contributed by atoms with Crippen LogP contribution in [0.25, 0.3) is 0 Å². The van der Waals surface area contributed by atoms with Gasteiger partial charge in [-0.2, -0.15) is 0 Å². The third-order valence-electron chi connectivity index (χ3n) is 3.73. The Morgan fingerprint density at radius 3 is 2.65 bits per heavy atom. The third kappa shape index (κ3) is 3.83. The van der Waals surface area contributed by atoms with Gasteiger partial charge in [0.05, 0.1) is 12.8 Å². The van der Waals surface area contributed by atoms with Gasteiger partial charge in [0.1, 0.15) is 42.3 Å². The first-order chi connectivity index (χ1) is 10.8. The van der Waals surface area contributed by atoms with Crippen molar-refractivity contribution in [3.63, 3.8) is 0 Å². The lowest BCUT2D eigenvalue weighted by Gasteiger charge is -2.39. The average Bonchev–Trinajstić information content (AvgIpc) is 2.99. The van der Waals surface area contributed by atoms with E-state index in [2.05, 4.69) is 10.3 Å². The third-order valence-corrected chi connectivity index (χ3v) is 3.73. The number of carbonyl (C=O) groups is 1. The number of ether oxygens (including phenoxy) is 1. The molecular weight excluding hydrogens is 312 g/mol. The van der Waals surface area contributed by atoms with Crippen LogP contribution in [-0.4, -0.2) is 83.6 Å². The summed E-state index contributed by atoms with van der Waals surface area (Å²) in [6.45, 7) is -0.346. The Morgan fingerprint density at radius 1 is 1.35 bits per heavy atom. The number of nitrogens with zero attached hydrogens (tertiary/aromatic N) is 3. The van der Waals surface area contributed by atoms with Crippen molar-refractivity contribution in [3.05, 3.63) is 11.9 Å². The lowest BCUT2D eigenvalue weighted by Crippen LogP contribution is -2.55. The molecule has 1 saturated heterocycles. The number of rotatable bonds is 6. The first-order valence-corrected chi connectivity index (χ1v) is 7.04. The number of aliphatic hydroxyl groups is 4. The Bertz CT molecular complexity index is 537. The van der Waals surface area contributed by atoms with Gasteiger partial charge in [0, 0.05) is 6.54 Å². The molecule has 6 atom stereocenters. The predicted octanol–water partition coefficient (Wildman–Crippen LogP) is -3.40. The van der Waals surface area contributed by atoms with Crippen LogP contribution in [0, 0.1) is 0 Å². The Kier molecular flexibility index (Phi) is 5.62. The Labute approximate surface area is 130 Å². The van der Waals surface area contributed by atoms with Crippen LogP contribution in [0.2, 0.25) is 0 Å². The van der Waals surface area contributed by atoms with Crippen molar-refractivity contribution in [1.29, 1.82) is 0 Å². The Hall–Kier alpha value is -1.63. The second-order valence-corrected chi connectivity index (χ2v) is 5.39. The van der Waals surface area contributed by atoms with Gasteiger partial charge in [0.2, 0.25) is 0 Å². The van der Waals surface area contributed by atoms with E-state index in [4.69, 9.17) is 20.7 Å². The maximum Gasteiger partial charge on any atom is 0.320 e. The molecule has 11 nitrogen and oxygen atoms in total. The molecule has 130 valence electrons. The summed E-state index contributed by atoms with van der Waals surface area (Å²) in [6.07, 6.45) is -4.96. The molecule has 0 saturated carbocycles. The highest BCUT2D eigenvalue weighted by Gasteiger charge is 2.45. The van der Waals surface area contributed by atoms with E-state index in [1.807, 2.05) is 0 Å². The van der Waals surface area contributed by atoms with Crippen molar-refractivity contribution in [2.45, 2.75) is 49.5 Å². The minimum absolute atomic E-state index is 0.132. The molecule has 0 bridgehead atoms. The maximum atomic E-state index is 10.7. The number of hydrogen-bond donors (Lipinski definition) is 6. The number of hydrogen-bond acceptors (Lipinski definition) is 9. The average molecular weight is 332 g/mol. The van der Waals surface area contributed by atoms with Crippen molar-refractivity contribution in [2.75, 3.05) is 6.61 Å². The zero-order valence-electron chi connectivity index (χ0n) is 12.1. The van der Waals surface area contributed by atoms with Gasteiger partial charge in [-0.15, -0.1) is 5.10 Å². The molecule has 0 radical (unpaired) electrons. The lowest BCUT2D eigenvalue weighted by atomic mass is 9.94. The lowest BCUT2D eigenvalue weighted by molar-refractivity contribution is -0.232. The molecule has 2 rings (SSSR count). The van der Waals surface area contributed by atoms with Crippen molar-refractivity contribution >= 4 is 5.97 Å². The first-order valence-electron chi connectivity index (χ1n) is 7.04.